The van der Waals surface area contributed by atoms with Crippen molar-refractivity contribution in [2.45, 2.75) is 39.3 Å². The molecule has 0 aliphatic carbocycles. The quantitative estimate of drug-likeness (QED) is 0.804. The van der Waals surface area contributed by atoms with E-state index in [0.29, 0.717) is 18.0 Å². The SMILES string of the molecule is CC[C@H](C(=O)NC)N(Cc1ccc(Cl)cc1)C(=O)Cc1ccc(C)cc1. The molecule has 0 bridgehead atoms. The molecule has 0 heterocycles. The van der Waals surface area contributed by atoms with Crippen molar-refractivity contribution in [2.75, 3.05) is 7.05 Å². The summed E-state index contributed by atoms with van der Waals surface area (Å²) in [6, 6.07) is 14.7. The fourth-order valence-electron chi connectivity index (χ4n) is 2.85. The molecule has 26 heavy (non-hydrogen) atoms. The summed E-state index contributed by atoms with van der Waals surface area (Å²) >= 11 is 5.95. The van der Waals surface area contributed by atoms with Crippen LogP contribution < -0.4 is 5.32 Å². The van der Waals surface area contributed by atoms with Gasteiger partial charge in [-0.05, 0) is 36.6 Å². The van der Waals surface area contributed by atoms with Crippen LogP contribution in [0.15, 0.2) is 48.5 Å². The zero-order chi connectivity index (χ0) is 19.1. The van der Waals surface area contributed by atoms with Crippen molar-refractivity contribution in [3.8, 4) is 0 Å². The lowest BCUT2D eigenvalue weighted by atomic mass is 10.1. The maximum Gasteiger partial charge on any atom is 0.242 e. The highest BCUT2D eigenvalue weighted by molar-refractivity contribution is 6.30. The molecule has 0 saturated carbocycles. The number of likely N-dealkylation sites (N-methyl/N-ethyl adjacent to an activating group) is 1. The Kier molecular flexibility index (Phi) is 7.22. The Labute approximate surface area is 160 Å². The predicted molar refractivity (Wildman–Crippen MR) is 105 cm³/mol. The van der Waals surface area contributed by atoms with Crippen LogP contribution in [0.3, 0.4) is 0 Å². The van der Waals surface area contributed by atoms with E-state index in [9.17, 15) is 9.59 Å². The second-order valence-corrected chi connectivity index (χ2v) is 6.79. The second kappa shape index (κ2) is 9.39. The lowest BCUT2D eigenvalue weighted by molar-refractivity contribution is -0.140. The molecule has 0 aliphatic rings. The van der Waals surface area contributed by atoms with E-state index in [4.69, 9.17) is 11.6 Å². The summed E-state index contributed by atoms with van der Waals surface area (Å²) in [4.78, 5) is 27.0. The van der Waals surface area contributed by atoms with Gasteiger partial charge in [0.05, 0.1) is 6.42 Å². The van der Waals surface area contributed by atoms with Crippen molar-refractivity contribution in [2.24, 2.45) is 0 Å². The van der Waals surface area contributed by atoms with Crippen LogP contribution in [0.2, 0.25) is 5.02 Å². The van der Waals surface area contributed by atoms with Gasteiger partial charge >= 0.3 is 0 Å². The third-order valence-corrected chi connectivity index (χ3v) is 4.63. The van der Waals surface area contributed by atoms with Crippen LogP contribution in [-0.2, 0) is 22.6 Å². The van der Waals surface area contributed by atoms with Gasteiger partial charge in [-0.15, -0.1) is 0 Å². The average Bonchev–Trinajstić information content (AvgIpc) is 2.64. The molecule has 1 atom stereocenters. The minimum Gasteiger partial charge on any atom is -0.357 e. The van der Waals surface area contributed by atoms with Crippen molar-refractivity contribution >= 4 is 23.4 Å². The first-order valence-corrected chi connectivity index (χ1v) is 9.13. The molecule has 2 aromatic carbocycles. The van der Waals surface area contributed by atoms with Crippen molar-refractivity contribution in [3.63, 3.8) is 0 Å². The summed E-state index contributed by atoms with van der Waals surface area (Å²) in [6.45, 7) is 4.29. The molecule has 2 amide bonds. The van der Waals surface area contributed by atoms with Gasteiger partial charge in [0.1, 0.15) is 6.04 Å². The molecule has 2 rings (SSSR count). The van der Waals surface area contributed by atoms with Gasteiger partial charge in [0.25, 0.3) is 0 Å². The van der Waals surface area contributed by atoms with Crippen molar-refractivity contribution in [1.29, 1.82) is 0 Å². The molecule has 0 saturated heterocycles. The molecule has 0 aromatic heterocycles. The molecule has 1 N–H and O–H groups in total. The molecular weight excluding hydrogens is 348 g/mol. The Morgan fingerprint density at radius 2 is 1.62 bits per heavy atom. The fourth-order valence-corrected chi connectivity index (χ4v) is 2.98. The third-order valence-electron chi connectivity index (χ3n) is 4.37. The standard InChI is InChI=1S/C21H25ClN2O2/c1-4-19(21(26)23-3)24(14-17-9-11-18(22)12-10-17)20(25)13-16-7-5-15(2)6-8-16/h5-12,19H,4,13-14H2,1-3H3,(H,23,26)/t19-/m1/s1. The summed E-state index contributed by atoms with van der Waals surface area (Å²) in [7, 11) is 1.59. The van der Waals surface area contributed by atoms with Gasteiger partial charge < -0.3 is 10.2 Å². The number of hydrogen-bond donors (Lipinski definition) is 1. The molecule has 0 fully saturated rings. The molecule has 138 valence electrons. The van der Waals surface area contributed by atoms with Crippen LogP contribution in [0, 0.1) is 6.92 Å². The summed E-state index contributed by atoms with van der Waals surface area (Å²) in [5.74, 6) is -0.224. The first kappa shape index (κ1) is 20.0. The number of rotatable bonds is 7. The first-order chi connectivity index (χ1) is 12.4. The number of hydrogen-bond acceptors (Lipinski definition) is 2. The van der Waals surface area contributed by atoms with E-state index in [1.165, 1.54) is 0 Å². The molecular formula is C21H25ClN2O2. The highest BCUT2D eigenvalue weighted by Gasteiger charge is 2.27. The largest absolute Gasteiger partial charge is 0.357 e. The van der Waals surface area contributed by atoms with Gasteiger partial charge in [0.15, 0.2) is 0 Å². The molecule has 0 radical (unpaired) electrons. The summed E-state index contributed by atoms with van der Waals surface area (Å²) in [5.41, 5.74) is 3.03. The van der Waals surface area contributed by atoms with Crippen LogP contribution in [0.25, 0.3) is 0 Å². The summed E-state index contributed by atoms with van der Waals surface area (Å²) in [6.07, 6.45) is 0.814. The van der Waals surface area contributed by atoms with E-state index in [0.717, 1.165) is 16.7 Å². The number of carbonyl (C=O) groups is 2. The smallest absolute Gasteiger partial charge is 0.242 e. The highest BCUT2D eigenvalue weighted by atomic mass is 35.5. The lowest BCUT2D eigenvalue weighted by Crippen LogP contribution is -2.48. The van der Waals surface area contributed by atoms with E-state index in [-0.39, 0.29) is 18.2 Å². The highest BCUT2D eigenvalue weighted by Crippen LogP contribution is 2.17. The number of carbonyl (C=O) groups excluding carboxylic acids is 2. The number of amides is 2. The Morgan fingerprint density at radius 1 is 1.04 bits per heavy atom. The van der Waals surface area contributed by atoms with Crippen LogP contribution in [-0.4, -0.2) is 29.8 Å². The number of aryl methyl sites for hydroxylation is 1. The number of benzene rings is 2. The van der Waals surface area contributed by atoms with E-state index in [1.807, 2.05) is 50.2 Å². The predicted octanol–water partition coefficient (Wildman–Crippen LogP) is 3.74. The Balaban J connectivity index is 2.25. The summed E-state index contributed by atoms with van der Waals surface area (Å²) < 4.78 is 0. The van der Waals surface area contributed by atoms with Gasteiger partial charge in [0, 0.05) is 18.6 Å². The van der Waals surface area contributed by atoms with Crippen molar-refractivity contribution in [1.82, 2.24) is 10.2 Å². The number of halogens is 1. The van der Waals surface area contributed by atoms with Gasteiger partial charge in [-0.25, -0.2) is 0 Å². The van der Waals surface area contributed by atoms with E-state index >= 15 is 0 Å². The van der Waals surface area contributed by atoms with E-state index in [2.05, 4.69) is 5.32 Å². The normalized spacial score (nSPS) is 11.7. The van der Waals surface area contributed by atoms with E-state index < -0.39 is 6.04 Å². The topological polar surface area (TPSA) is 49.4 Å². The molecule has 0 spiro atoms. The zero-order valence-corrected chi connectivity index (χ0v) is 16.2. The number of nitrogens with one attached hydrogen (secondary N) is 1. The van der Waals surface area contributed by atoms with Gasteiger partial charge in [0.2, 0.25) is 11.8 Å². The number of nitrogens with zero attached hydrogens (tertiary/aromatic N) is 1. The monoisotopic (exact) mass is 372 g/mol. The van der Waals surface area contributed by atoms with Gasteiger partial charge in [-0.1, -0.05) is 60.5 Å². The zero-order valence-electron chi connectivity index (χ0n) is 15.5. The van der Waals surface area contributed by atoms with E-state index in [1.54, 1.807) is 24.1 Å². The second-order valence-electron chi connectivity index (χ2n) is 6.35. The van der Waals surface area contributed by atoms with Crippen LogP contribution >= 0.6 is 11.6 Å². The first-order valence-electron chi connectivity index (χ1n) is 8.75. The summed E-state index contributed by atoms with van der Waals surface area (Å²) in [5, 5.41) is 3.31. The Bertz CT molecular complexity index is 742. The molecule has 0 unspecified atom stereocenters. The third kappa shape index (κ3) is 5.33. The van der Waals surface area contributed by atoms with Gasteiger partial charge in [-0.2, -0.15) is 0 Å². The fraction of sp³-hybridized carbons (Fsp3) is 0.333. The van der Waals surface area contributed by atoms with Crippen molar-refractivity contribution in [3.05, 3.63) is 70.2 Å². The lowest BCUT2D eigenvalue weighted by Gasteiger charge is -2.30. The molecule has 2 aromatic rings. The molecule has 4 nitrogen and oxygen atoms in total. The maximum atomic E-state index is 13.0. The molecule has 5 heteroatoms. The minimum absolute atomic E-state index is 0.0701. The van der Waals surface area contributed by atoms with Gasteiger partial charge in [-0.3, -0.25) is 9.59 Å². The average molecular weight is 373 g/mol. The minimum atomic E-state index is -0.506. The Morgan fingerprint density at radius 3 is 2.15 bits per heavy atom. The molecule has 0 aliphatic heterocycles. The van der Waals surface area contributed by atoms with Crippen LogP contribution in [0.5, 0.6) is 0 Å². The van der Waals surface area contributed by atoms with Crippen molar-refractivity contribution < 1.29 is 9.59 Å². The maximum absolute atomic E-state index is 13.0. The van der Waals surface area contributed by atoms with Crippen LogP contribution in [0.1, 0.15) is 30.0 Å². The Hall–Kier alpha value is -2.33. The van der Waals surface area contributed by atoms with Crippen LogP contribution in [0.4, 0.5) is 0 Å².